The number of hydrogen-bond acceptors (Lipinski definition) is 10. The van der Waals surface area contributed by atoms with Gasteiger partial charge < -0.3 is 30.0 Å². The summed E-state index contributed by atoms with van der Waals surface area (Å²) in [5.74, 6) is 2.17. The lowest BCUT2D eigenvalue weighted by atomic mass is 10.2. The van der Waals surface area contributed by atoms with Crippen molar-refractivity contribution in [2.45, 2.75) is 0 Å². The Morgan fingerprint density at radius 1 is 1.00 bits per heavy atom. The van der Waals surface area contributed by atoms with E-state index in [1.807, 2.05) is 0 Å². The molecule has 0 bridgehead atoms. The van der Waals surface area contributed by atoms with Crippen LogP contribution in [0.1, 0.15) is 0 Å². The summed E-state index contributed by atoms with van der Waals surface area (Å²) in [6.45, 7) is 0.0432. The smallest absolute Gasteiger partial charge is 0.229 e. The van der Waals surface area contributed by atoms with E-state index in [0.717, 1.165) is 6.26 Å². The van der Waals surface area contributed by atoms with E-state index in [2.05, 4.69) is 41.3 Å². The first-order valence-electron chi connectivity index (χ1n) is 9.86. The normalized spacial score (nSPS) is 11.0. The molecule has 0 saturated carbocycles. The number of methoxy groups -OCH3 is 2. The van der Waals surface area contributed by atoms with Gasteiger partial charge in [0.05, 0.1) is 48.6 Å². The van der Waals surface area contributed by atoms with Crippen LogP contribution < -0.4 is 29.6 Å². The number of ether oxygens (including phenoxy) is 3. The lowest BCUT2D eigenvalue weighted by Crippen LogP contribution is -2.11. The first-order valence-corrected chi connectivity index (χ1v) is 12.5. The van der Waals surface area contributed by atoms with E-state index in [1.165, 1.54) is 14.2 Å². The molecule has 182 valence electrons. The number of rotatable bonds is 11. The maximum absolute atomic E-state index is 11.8. The number of aliphatic hydroxyl groups is 1. The van der Waals surface area contributed by atoms with Crippen LogP contribution in [0.15, 0.2) is 47.1 Å². The zero-order valence-corrected chi connectivity index (χ0v) is 21.0. The van der Waals surface area contributed by atoms with Gasteiger partial charge in [0.25, 0.3) is 0 Å². The van der Waals surface area contributed by atoms with Crippen molar-refractivity contribution in [3.05, 3.63) is 47.1 Å². The van der Waals surface area contributed by atoms with E-state index in [0.29, 0.717) is 38.9 Å². The zero-order chi connectivity index (χ0) is 24.7. The van der Waals surface area contributed by atoms with Crippen LogP contribution in [0.25, 0.3) is 0 Å². The molecule has 1 heterocycles. The highest BCUT2D eigenvalue weighted by Crippen LogP contribution is 2.34. The monoisotopic (exact) mass is 553 g/mol. The zero-order valence-electron chi connectivity index (χ0n) is 18.6. The van der Waals surface area contributed by atoms with Gasteiger partial charge in [-0.05, 0) is 40.2 Å². The quantitative estimate of drug-likeness (QED) is 0.278. The molecule has 13 heteroatoms. The van der Waals surface area contributed by atoms with Gasteiger partial charge in [0.1, 0.15) is 29.7 Å². The highest BCUT2D eigenvalue weighted by molar-refractivity contribution is 9.10. The number of anilines is 5. The molecule has 0 saturated heterocycles. The van der Waals surface area contributed by atoms with Gasteiger partial charge in [0, 0.05) is 18.3 Å². The van der Waals surface area contributed by atoms with Crippen LogP contribution in [-0.2, 0) is 10.0 Å². The summed E-state index contributed by atoms with van der Waals surface area (Å²) >= 11 is 3.41. The minimum Gasteiger partial charge on any atom is -0.497 e. The van der Waals surface area contributed by atoms with Crippen LogP contribution in [0.2, 0.25) is 0 Å². The van der Waals surface area contributed by atoms with Crippen molar-refractivity contribution in [1.29, 1.82) is 0 Å². The topological polar surface area (TPSA) is 144 Å². The molecule has 0 aliphatic rings. The number of aromatic nitrogens is 2. The number of halogens is 1. The van der Waals surface area contributed by atoms with E-state index in [9.17, 15) is 8.42 Å². The molecule has 3 aromatic rings. The summed E-state index contributed by atoms with van der Waals surface area (Å²) < 4.78 is 42.7. The van der Waals surface area contributed by atoms with Gasteiger partial charge in [-0.3, -0.25) is 4.72 Å². The van der Waals surface area contributed by atoms with Crippen molar-refractivity contribution in [3.8, 4) is 17.2 Å². The van der Waals surface area contributed by atoms with E-state index >= 15 is 0 Å². The average Bonchev–Trinajstić information content (AvgIpc) is 2.80. The molecule has 0 aliphatic heterocycles. The fourth-order valence-corrected chi connectivity index (χ4v) is 3.70. The molecule has 3 rings (SSSR count). The predicted octanol–water partition coefficient (Wildman–Crippen LogP) is 3.49. The van der Waals surface area contributed by atoms with Crippen molar-refractivity contribution in [2.75, 3.05) is 49.0 Å². The molecule has 0 amide bonds. The van der Waals surface area contributed by atoms with Gasteiger partial charge in [-0.25, -0.2) is 13.4 Å². The van der Waals surface area contributed by atoms with Crippen LogP contribution in [0, 0.1) is 0 Å². The lowest BCUT2D eigenvalue weighted by Gasteiger charge is -2.16. The highest BCUT2D eigenvalue weighted by Gasteiger charge is 2.14. The van der Waals surface area contributed by atoms with Crippen LogP contribution in [-0.4, -0.2) is 57.2 Å². The summed E-state index contributed by atoms with van der Waals surface area (Å²) in [6.07, 6.45) is 2.61. The molecule has 1 aromatic heterocycles. The van der Waals surface area contributed by atoms with E-state index < -0.39 is 10.0 Å². The fourth-order valence-electron chi connectivity index (χ4n) is 2.84. The number of nitrogens with zero attached hydrogens (tertiary/aromatic N) is 2. The molecule has 2 aromatic carbocycles. The third-order valence-electron chi connectivity index (χ3n) is 4.30. The number of hydrogen-bond donors (Lipinski definition) is 4. The maximum Gasteiger partial charge on any atom is 0.229 e. The van der Waals surface area contributed by atoms with Gasteiger partial charge in [0.15, 0.2) is 0 Å². The highest BCUT2D eigenvalue weighted by atomic mass is 79.9. The third-order valence-corrected chi connectivity index (χ3v) is 5.47. The largest absolute Gasteiger partial charge is 0.497 e. The van der Waals surface area contributed by atoms with E-state index in [-0.39, 0.29) is 24.8 Å². The van der Waals surface area contributed by atoms with Crippen molar-refractivity contribution in [3.63, 3.8) is 0 Å². The van der Waals surface area contributed by atoms with Gasteiger partial charge in [0.2, 0.25) is 16.0 Å². The Morgan fingerprint density at radius 3 is 2.41 bits per heavy atom. The Hall–Kier alpha value is -3.29. The second kappa shape index (κ2) is 11.2. The van der Waals surface area contributed by atoms with Crippen molar-refractivity contribution in [2.24, 2.45) is 0 Å². The maximum atomic E-state index is 11.8. The molecular weight excluding hydrogens is 530 g/mol. The molecule has 0 radical (unpaired) electrons. The Balaban J connectivity index is 1.91. The number of nitrogens with one attached hydrogen (secondary N) is 3. The number of aliphatic hydroxyl groups excluding tert-OH is 1. The SMILES string of the molecule is COc1ccc(Nc2nc(Nc3cc(OCCO)ccc3OC)ncc2Br)c(NS(C)(=O)=O)c1. The number of sulfonamides is 1. The summed E-state index contributed by atoms with van der Waals surface area (Å²) in [5.41, 5.74) is 1.29. The first kappa shape index (κ1) is 25.3. The van der Waals surface area contributed by atoms with Gasteiger partial charge in [-0.15, -0.1) is 0 Å². The summed E-state index contributed by atoms with van der Waals surface area (Å²) in [4.78, 5) is 8.76. The number of benzene rings is 2. The van der Waals surface area contributed by atoms with Crippen LogP contribution >= 0.6 is 15.9 Å². The van der Waals surface area contributed by atoms with Crippen molar-refractivity contribution < 1.29 is 27.7 Å². The second-order valence-corrected chi connectivity index (χ2v) is 9.46. The Morgan fingerprint density at radius 2 is 1.74 bits per heavy atom. The van der Waals surface area contributed by atoms with Gasteiger partial charge in [-0.2, -0.15) is 4.98 Å². The summed E-state index contributed by atoms with van der Waals surface area (Å²) in [5, 5.41) is 15.2. The molecule has 0 atom stereocenters. The molecule has 0 spiro atoms. The first-order chi connectivity index (χ1) is 16.2. The van der Waals surface area contributed by atoms with E-state index in [4.69, 9.17) is 19.3 Å². The molecule has 0 fully saturated rings. The van der Waals surface area contributed by atoms with Crippen molar-refractivity contribution in [1.82, 2.24) is 9.97 Å². The van der Waals surface area contributed by atoms with Gasteiger partial charge in [-0.1, -0.05) is 0 Å². The van der Waals surface area contributed by atoms with Crippen LogP contribution in [0.4, 0.5) is 28.8 Å². The summed E-state index contributed by atoms with van der Waals surface area (Å²) in [6, 6.07) is 10.0. The summed E-state index contributed by atoms with van der Waals surface area (Å²) in [7, 11) is -0.517. The fraction of sp³-hybridized carbons (Fsp3) is 0.238. The Labute approximate surface area is 205 Å². The molecule has 34 heavy (non-hydrogen) atoms. The lowest BCUT2D eigenvalue weighted by molar-refractivity contribution is 0.201. The van der Waals surface area contributed by atoms with Crippen LogP contribution in [0.3, 0.4) is 0 Å². The van der Waals surface area contributed by atoms with Gasteiger partial charge >= 0.3 is 0 Å². The molecular formula is C21H24BrN5O6S. The van der Waals surface area contributed by atoms with E-state index in [1.54, 1.807) is 42.6 Å². The molecule has 0 unspecified atom stereocenters. The minimum absolute atomic E-state index is 0.110. The van der Waals surface area contributed by atoms with Crippen LogP contribution in [0.5, 0.6) is 17.2 Å². The predicted molar refractivity (Wildman–Crippen MR) is 133 cm³/mol. The van der Waals surface area contributed by atoms with Crippen molar-refractivity contribution >= 4 is 54.8 Å². The second-order valence-electron chi connectivity index (χ2n) is 6.86. The Kier molecular flexibility index (Phi) is 8.36. The molecule has 11 nitrogen and oxygen atoms in total. The third kappa shape index (κ3) is 6.85. The average molecular weight is 554 g/mol. The minimum atomic E-state index is -3.54. The standard InChI is InChI=1S/C21H24BrN5O6S/c1-31-13-4-6-16(17(10-13)27-34(3,29)30)24-20-15(22)12-23-21(26-20)25-18-11-14(33-9-8-28)5-7-19(18)32-2/h4-7,10-12,27-28H,8-9H2,1-3H3,(H2,23,24,25,26). The Bertz CT molecular complexity index is 1260. The molecule has 0 aliphatic carbocycles. The molecule has 4 N–H and O–H groups in total.